The van der Waals surface area contributed by atoms with Gasteiger partial charge in [0.25, 0.3) is 0 Å². The van der Waals surface area contributed by atoms with Crippen molar-refractivity contribution in [1.82, 2.24) is 0 Å². The first-order valence-corrected chi connectivity index (χ1v) is 6.07. The van der Waals surface area contributed by atoms with Crippen molar-refractivity contribution in [3.05, 3.63) is 0 Å². The fourth-order valence-corrected chi connectivity index (χ4v) is 1.91. The SMILES string of the molecule is CCOC(=O)CC(=O)P(OCC)OCC. The average Bonchev–Trinajstić information content (AvgIpc) is 2.17. The molecule has 15 heavy (non-hydrogen) atoms. The number of esters is 1. The summed E-state index contributed by atoms with van der Waals surface area (Å²) in [6.07, 6.45) is -0.278. The third-order valence-corrected chi connectivity index (χ3v) is 2.85. The maximum absolute atomic E-state index is 11.5. The highest BCUT2D eigenvalue weighted by Crippen LogP contribution is 2.40. The van der Waals surface area contributed by atoms with Gasteiger partial charge in [-0.15, -0.1) is 0 Å². The Balaban J connectivity index is 4.06. The minimum Gasteiger partial charge on any atom is -0.466 e. The molecule has 0 unspecified atom stereocenters. The van der Waals surface area contributed by atoms with Gasteiger partial charge in [0, 0.05) is 0 Å². The largest absolute Gasteiger partial charge is 0.466 e. The molecule has 0 fully saturated rings. The Morgan fingerprint density at radius 2 is 1.53 bits per heavy atom. The molecule has 0 bridgehead atoms. The highest BCUT2D eigenvalue weighted by Gasteiger charge is 2.23. The van der Waals surface area contributed by atoms with Crippen LogP contribution in [0.4, 0.5) is 0 Å². The molecule has 0 heterocycles. The molecule has 0 aliphatic heterocycles. The fourth-order valence-electron chi connectivity index (χ4n) is 0.816. The summed E-state index contributed by atoms with van der Waals surface area (Å²) >= 11 is 0. The predicted molar refractivity (Wildman–Crippen MR) is 56.4 cm³/mol. The summed E-state index contributed by atoms with van der Waals surface area (Å²) in [6, 6.07) is 0. The standard InChI is InChI=1S/C9H17O5P/c1-4-12-8(10)7-9(11)15(13-5-2)14-6-3/h4-7H2,1-3H3. The monoisotopic (exact) mass is 236 g/mol. The summed E-state index contributed by atoms with van der Waals surface area (Å²) in [5, 5.41) is 0. The highest BCUT2D eigenvalue weighted by molar-refractivity contribution is 7.66. The van der Waals surface area contributed by atoms with Crippen molar-refractivity contribution in [2.24, 2.45) is 0 Å². The summed E-state index contributed by atoms with van der Waals surface area (Å²) in [5.41, 5.74) is -0.341. The van der Waals surface area contributed by atoms with E-state index in [4.69, 9.17) is 9.05 Å². The van der Waals surface area contributed by atoms with Crippen LogP contribution in [0, 0.1) is 0 Å². The third-order valence-electron chi connectivity index (χ3n) is 1.30. The molecule has 0 amide bonds. The lowest BCUT2D eigenvalue weighted by molar-refractivity contribution is -0.144. The number of rotatable bonds is 8. The highest BCUT2D eigenvalue weighted by atomic mass is 31.2. The second kappa shape index (κ2) is 8.77. The molecule has 0 spiro atoms. The van der Waals surface area contributed by atoms with Crippen LogP contribution in [0.15, 0.2) is 0 Å². The van der Waals surface area contributed by atoms with Crippen LogP contribution in [-0.4, -0.2) is 31.3 Å². The quantitative estimate of drug-likeness (QED) is 0.365. The molecule has 0 saturated heterocycles. The first-order valence-electron chi connectivity index (χ1n) is 4.90. The second-order valence-corrected chi connectivity index (χ2v) is 4.00. The van der Waals surface area contributed by atoms with E-state index in [2.05, 4.69) is 4.74 Å². The Morgan fingerprint density at radius 3 is 1.93 bits per heavy atom. The Labute approximate surface area is 91.0 Å². The molecule has 88 valence electrons. The zero-order chi connectivity index (χ0) is 11.7. The van der Waals surface area contributed by atoms with Gasteiger partial charge in [0.15, 0.2) is 0 Å². The van der Waals surface area contributed by atoms with Crippen molar-refractivity contribution in [2.75, 3.05) is 19.8 Å². The van der Waals surface area contributed by atoms with Crippen molar-refractivity contribution >= 4 is 19.9 Å². The van der Waals surface area contributed by atoms with Crippen LogP contribution in [-0.2, 0) is 23.4 Å². The number of ether oxygens (including phenoxy) is 1. The van der Waals surface area contributed by atoms with Crippen molar-refractivity contribution < 1.29 is 23.4 Å². The average molecular weight is 236 g/mol. The summed E-state index contributed by atoms with van der Waals surface area (Å²) in [6.45, 7) is 6.28. The number of carbonyl (C=O) groups excluding carboxylic acids is 2. The van der Waals surface area contributed by atoms with E-state index in [0.717, 1.165) is 0 Å². The van der Waals surface area contributed by atoms with Crippen LogP contribution in [0.1, 0.15) is 27.2 Å². The van der Waals surface area contributed by atoms with Crippen LogP contribution in [0.2, 0.25) is 0 Å². The van der Waals surface area contributed by atoms with Gasteiger partial charge in [-0.3, -0.25) is 9.59 Å². The maximum atomic E-state index is 11.5. The topological polar surface area (TPSA) is 61.8 Å². The summed E-state index contributed by atoms with van der Waals surface area (Å²) in [5.74, 6) is -0.533. The predicted octanol–water partition coefficient (Wildman–Crippen LogP) is 1.85. The van der Waals surface area contributed by atoms with Crippen molar-refractivity contribution in [1.29, 1.82) is 0 Å². The molecule has 0 aliphatic carbocycles. The summed E-state index contributed by atoms with van der Waals surface area (Å²) in [4.78, 5) is 22.5. The van der Waals surface area contributed by atoms with E-state index in [1.54, 1.807) is 20.8 Å². The molecule has 0 rings (SSSR count). The molecular weight excluding hydrogens is 219 g/mol. The maximum Gasteiger partial charge on any atom is 0.313 e. The van der Waals surface area contributed by atoms with Gasteiger partial charge in [-0.2, -0.15) is 0 Å². The van der Waals surface area contributed by atoms with Gasteiger partial charge >= 0.3 is 5.97 Å². The normalized spacial score (nSPS) is 10.4. The Bertz CT molecular complexity index is 201. The van der Waals surface area contributed by atoms with E-state index >= 15 is 0 Å². The van der Waals surface area contributed by atoms with Crippen molar-refractivity contribution in [3.8, 4) is 0 Å². The first kappa shape index (κ1) is 14.5. The van der Waals surface area contributed by atoms with Gasteiger partial charge in [-0.25, -0.2) is 0 Å². The lowest BCUT2D eigenvalue weighted by atomic mass is 10.5. The lowest BCUT2D eigenvalue weighted by Gasteiger charge is -2.13. The van der Waals surface area contributed by atoms with Gasteiger partial charge in [0.05, 0.1) is 19.8 Å². The Hall–Kier alpha value is -0.510. The van der Waals surface area contributed by atoms with Gasteiger partial charge in [0.1, 0.15) is 6.42 Å². The molecule has 6 heteroatoms. The number of hydrogen-bond donors (Lipinski definition) is 0. The molecule has 0 saturated carbocycles. The number of hydrogen-bond acceptors (Lipinski definition) is 5. The molecule has 5 nitrogen and oxygen atoms in total. The minimum atomic E-state index is -1.61. The second-order valence-electron chi connectivity index (χ2n) is 2.47. The first-order chi connectivity index (χ1) is 7.15. The van der Waals surface area contributed by atoms with Gasteiger partial charge in [-0.05, 0) is 20.8 Å². The van der Waals surface area contributed by atoms with E-state index < -0.39 is 14.3 Å². The third kappa shape index (κ3) is 6.55. The lowest BCUT2D eigenvalue weighted by Crippen LogP contribution is -2.11. The molecule has 0 atom stereocenters. The summed E-state index contributed by atoms with van der Waals surface area (Å²) < 4.78 is 14.9. The molecule has 0 aromatic rings. The smallest absolute Gasteiger partial charge is 0.313 e. The number of carbonyl (C=O) groups is 2. The zero-order valence-corrected chi connectivity index (χ0v) is 10.2. The molecule has 0 aromatic heterocycles. The molecule has 0 aromatic carbocycles. The van der Waals surface area contributed by atoms with Crippen LogP contribution < -0.4 is 0 Å². The van der Waals surface area contributed by atoms with Gasteiger partial charge in [-0.1, -0.05) is 0 Å². The Kier molecular flexibility index (Phi) is 8.47. The zero-order valence-electron chi connectivity index (χ0n) is 9.32. The van der Waals surface area contributed by atoms with Crippen LogP contribution in [0.3, 0.4) is 0 Å². The minimum absolute atomic E-state index is 0.271. The van der Waals surface area contributed by atoms with Crippen LogP contribution in [0.25, 0.3) is 0 Å². The summed E-state index contributed by atoms with van der Waals surface area (Å²) in [7, 11) is -1.61. The Morgan fingerprint density at radius 1 is 1.00 bits per heavy atom. The molecule has 0 N–H and O–H groups in total. The molecule has 0 radical (unpaired) electrons. The van der Waals surface area contributed by atoms with E-state index in [1.165, 1.54) is 0 Å². The van der Waals surface area contributed by atoms with E-state index in [1.807, 2.05) is 0 Å². The molecular formula is C9H17O5P. The van der Waals surface area contributed by atoms with Gasteiger partial charge in [0.2, 0.25) is 13.9 Å². The van der Waals surface area contributed by atoms with Crippen molar-refractivity contribution in [3.63, 3.8) is 0 Å². The van der Waals surface area contributed by atoms with E-state index in [-0.39, 0.29) is 18.6 Å². The van der Waals surface area contributed by atoms with E-state index in [0.29, 0.717) is 13.2 Å². The van der Waals surface area contributed by atoms with Crippen LogP contribution in [0.5, 0.6) is 0 Å². The fraction of sp³-hybridized carbons (Fsp3) is 0.778. The van der Waals surface area contributed by atoms with E-state index in [9.17, 15) is 9.59 Å². The van der Waals surface area contributed by atoms with Crippen LogP contribution >= 0.6 is 8.38 Å². The van der Waals surface area contributed by atoms with Crippen molar-refractivity contribution in [2.45, 2.75) is 27.2 Å². The molecule has 0 aliphatic rings. The van der Waals surface area contributed by atoms with Gasteiger partial charge < -0.3 is 13.8 Å².